The molecule has 1 aliphatic rings. The van der Waals surface area contributed by atoms with Crippen LogP contribution in [0.3, 0.4) is 0 Å². The van der Waals surface area contributed by atoms with Crippen molar-refractivity contribution in [2.24, 2.45) is 11.1 Å². The van der Waals surface area contributed by atoms with Gasteiger partial charge in [-0.25, -0.2) is 0 Å². The Labute approximate surface area is 158 Å². The van der Waals surface area contributed by atoms with Gasteiger partial charge in [-0.05, 0) is 37.1 Å². The summed E-state index contributed by atoms with van der Waals surface area (Å²) in [5, 5.41) is 1.28. The minimum Gasteiger partial charge on any atom is -0.491 e. The molecule has 23 heavy (non-hydrogen) atoms. The van der Waals surface area contributed by atoms with Crippen molar-refractivity contribution in [1.29, 1.82) is 0 Å². The average molecular weight is 396 g/mol. The summed E-state index contributed by atoms with van der Waals surface area (Å²) in [7, 11) is 0. The van der Waals surface area contributed by atoms with Crippen LogP contribution in [0.25, 0.3) is 11.1 Å². The fraction of sp³-hybridized carbons (Fsp3) is 0.312. The maximum atomic E-state index is 6.22. The highest BCUT2D eigenvalue weighted by Gasteiger charge is 2.42. The van der Waals surface area contributed by atoms with Crippen molar-refractivity contribution in [3.8, 4) is 16.9 Å². The molecule has 0 amide bonds. The fourth-order valence-electron chi connectivity index (χ4n) is 2.18. The van der Waals surface area contributed by atoms with E-state index >= 15 is 0 Å². The van der Waals surface area contributed by atoms with Gasteiger partial charge in [0, 0.05) is 39.3 Å². The van der Waals surface area contributed by atoms with Gasteiger partial charge in [0.05, 0.1) is 12.8 Å². The molecule has 0 unspecified atom stereocenters. The van der Waals surface area contributed by atoms with Gasteiger partial charge in [-0.1, -0.05) is 23.2 Å². The van der Waals surface area contributed by atoms with Gasteiger partial charge >= 0.3 is 0 Å². The predicted molar refractivity (Wildman–Crippen MR) is 100 cm³/mol. The molecule has 2 aromatic rings. The van der Waals surface area contributed by atoms with Gasteiger partial charge in [0.2, 0.25) is 0 Å². The van der Waals surface area contributed by atoms with Crippen LogP contribution in [-0.4, -0.2) is 18.1 Å². The molecule has 0 spiro atoms. The molecule has 0 atom stereocenters. The smallest absolute Gasteiger partial charge is 0.138 e. The molecule has 1 aromatic carbocycles. The summed E-state index contributed by atoms with van der Waals surface area (Å²) in [6.45, 7) is 1.30. The molecule has 1 fully saturated rings. The van der Waals surface area contributed by atoms with Crippen LogP contribution in [0.15, 0.2) is 36.7 Å². The first-order chi connectivity index (χ1) is 10.1. The van der Waals surface area contributed by atoms with E-state index in [0.717, 1.165) is 29.7 Å². The molecule has 3 nitrogen and oxygen atoms in total. The van der Waals surface area contributed by atoms with Gasteiger partial charge < -0.3 is 10.5 Å². The third-order valence-electron chi connectivity index (χ3n) is 3.89. The Morgan fingerprint density at radius 1 is 1.13 bits per heavy atom. The molecule has 0 saturated heterocycles. The lowest BCUT2D eigenvalue weighted by Gasteiger charge is -2.14. The average Bonchev–Trinajstić information content (AvgIpc) is 3.29. The largest absolute Gasteiger partial charge is 0.491 e. The first kappa shape index (κ1) is 20.3. The van der Waals surface area contributed by atoms with Gasteiger partial charge in [0.1, 0.15) is 5.75 Å². The van der Waals surface area contributed by atoms with Crippen LogP contribution < -0.4 is 10.5 Å². The van der Waals surface area contributed by atoms with Crippen LogP contribution in [0.5, 0.6) is 5.75 Å². The van der Waals surface area contributed by atoms with Crippen LogP contribution in [0, 0.1) is 5.41 Å². The van der Waals surface area contributed by atoms with E-state index in [1.54, 1.807) is 24.5 Å². The number of nitrogens with two attached hydrogens (primary N) is 1. The molecule has 1 heterocycles. The summed E-state index contributed by atoms with van der Waals surface area (Å²) in [5.41, 5.74) is 7.67. The van der Waals surface area contributed by atoms with E-state index in [-0.39, 0.29) is 30.2 Å². The maximum Gasteiger partial charge on any atom is 0.138 e. The highest BCUT2D eigenvalue weighted by molar-refractivity contribution is 6.35. The zero-order valence-corrected chi connectivity index (χ0v) is 15.4. The van der Waals surface area contributed by atoms with Crippen molar-refractivity contribution in [2.45, 2.75) is 12.8 Å². The second-order valence-corrected chi connectivity index (χ2v) is 6.37. The predicted octanol–water partition coefficient (Wildman–Crippen LogP) is 5.02. The van der Waals surface area contributed by atoms with Crippen LogP contribution in [0.2, 0.25) is 10.0 Å². The summed E-state index contributed by atoms with van der Waals surface area (Å²) in [6.07, 6.45) is 5.72. The highest BCUT2D eigenvalue weighted by atomic mass is 35.5. The number of ether oxygens (including phenoxy) is 1. The first-order valence-corrected chi connectivity index (χ1v) is 7.61. The summed E-state index contributed by atoms with van der Waals surface area (Å²) in [4.78, 5) is 4.22. The van der Waals surface area contributed by atoms with Gasteiger partial charge in [0.15, 0.2) is 0 Å². The van der Waals surface area contributed by atoms with Gasteiger partial charge in [-0.3, -0.25) is 4.98 Å². The lowest BCUT2D eigenvalue weighted by atomic mass is 10.1. The third-order valence-corrected chi connectivity index (χ3v) is 4.45. The second-order valence-electron chi connectivity index (χ2n) is 5.53. The highest BCUT2D eigenvalue weighted by Crippen LogP contribution is 2.44. The van der Waals surface area contributed by atoms with Gasteiger partial charge in [0.25, 0.3) is 0 Å². The molecule has 7 heteroatoms. The number of pyridine rings is 1. The van der Waals surface area contributed by atoms with E-state index in [4.69, 9.17) is 33.7 Å². The number of nitrogens with zero attached hydrogens (tertiary/aromatic N) is 1. The quantitative estimate of drug-likeness (QED) is 0.773. The summed E-state index contributed by atoms with van der Waals surface area (Å²) >= 11 is 12.3. The molecule has 0 radical (unpaired) electrons. The van der Waals surface area contributed by atoms with E-state index in [2.05, 4.69) is 4.98 Å². The number of halogens is 4. The zero-order chi connectivity index (χ0) is 14.9. The lowest BCUT2D eigenvalue weighted by Crippen LogP contribution is -2.22. The van der Waals surface area contributed by atoms with Gasteiger partial charge in [-0.2, -0.15) is 0 Å². The number of hydrogen-bond donors (Lipinski definition) is 1. The van der Waals surface area contributed by atoms with E-state index < -0.39 is 0 Å². The van der Waals surface area contributed by atoms with Crippen molar-refractivity contribution in [3.05, 3.63) is 46.7 Å². The monoisotopic (exact) mass is 394 g/mol. The summed E-state index contributed by atoms with van der Waals surface area (Å²) < 4.78 is 5.84. The third kappa shape index (κ3) is 4.88. The number of hydrogen-bond acceptors (Lipinski definition) is 3. The van der Waals surface area contributed by atoms with Crippen molar-refractivity contribution in [3.63, 3.8) is 0 Å². The molecule has 1 saturated carbocycles. The molecular formula is C16H18Cl4N2O. The van der Waals surface area contributed by atoms with Crippen molar-refractivity contribution >= 4 is 48.0 Å². The fourth-order valence-corrected chi connectivity index (χ4v) is 2.58. The van der Waals surface area contributed by atoms with Crippen LogP contribution in [-0.2, 0) is 0 Å². The van der Waals surface area contributed by atoms with E-state index in [0.29, 0.717) is 23.2 Å². The lowest BCUT2D eigenvalue weighted by molar-refractivity contribution is 0.238. The standard InChI is InChI=1S/C16H16Cl2N2O.2ClH/c17-12-1-2-15(18)14(6-12)11-5-13(8-20-7-11)21-10-16(9-19)3-4-16;;/h1-2,5-8H,3-4,9-10,19H2;2*1H. The Balaban J connectivity index is 0.00000132. The van der Waals surface area contributed by atoms with Crippen LogP contribution in [0.4, 0.5) is 0 Å². The molecule has 1 aliphatic carbocycles. The Hall–Kier alpha value is -0.710. The van der Waals surface area contributed by atoms with Crippen LogP contribution >= 0.6 is 48.0 Å². The minimum absolute atomic E-state index is 0. The Kier molecular flexibility index (Phi) is 7.43. The van der Waals surface area contributed by atoms with Crippen molar-refractivity contribution < 1.29 is 4.74 Å². The second kappa shape index (κ2) is 8.41. The first-order valence-electron chi connectivity index (χ1n) is 6.85. The molecule has 2 N–H and O–H groups in total. The molecular weight excluding hydrogens is 378 g/mol. The molecule has 3 rings (SSSR count). The van der Waals surface area contributed by atoms with Crippen LogP contribution in [0.1, 0.15) is 12.8 Å². The maximum absolute atomic E-state index is 6.22. The van der Waals surface area contributed by atoms with E-state index in [9.17, 15) is 0 Å². The van der Waals surface area contributed by atoms with E-state index in [1.807, 2.05) is 12.1 Å². The zero-order valence-electron chi connectivity index (χ0n) is 12.3. The van der Waals surface area contributed by atoms with Crippen molar-refractivity contribution in [1.82, 2.24) is 4.98 Å². The number of aromatic nitrogens is 1. The SMILES string of the molecule is Cl.Cl.NCC1(COc2cncc(-c3cc(Cl)ccc3Cl)c2)CC1. The molecule has 0 bridgehead atoms. The number of benzene rings is 1. The minimum atomic E-state index is 0. The molecule has 1 aromatic heterocycles. The summed E-state index contributed by atoms with van der Waals surface area (Å²) in [5.74, 6) is 0.725. The number of rotatable bonds is 5. The van der Waals surface area contributed by atoms with E-state index in [1.165, 1.54) is 0 Å². The van der Waals surface area contributed by atoms with Crippen molar-refractivity contribution in [2.75, 3.05) is 13.2 Å². The Bertz CT molecular complexity index is 662. The normalized spacial score (nSPS) is 14.4. The van der Waals surface area contributed by atoms with Gasteiger partial charge in [-0.15, -0.1) is 24.8 Å². The topological polar surface area (TPSA) is 48.1 Å². The Morgan fingerprint density at radius 3 is 2.52 bits per heavy atom. The molecule has 0 aliphatic heterocycles. The molecule has 126 valence electrons. The summed E-state index contributed by atoms with van der Waals surface area (Å²) in [6, 6.07) is 7.30. The Morgan fingerprint density at radius 2 is 1.87 bits per heavy atom.